The standard InChI is InChI=1S/C21H27N5O4S/c1-4-16-22-20-26(23-16)19(27)18(31-20)17(14-6-8-15(29-3)9-7-14)24-10-12-25(13-11-24)21(28)30-5-2/h6-9,17-18H,4-5,10-13H2,1-3H3. The molecule has 2 aromatic rings. The quantitative estimate of drug-likeness (QED) is 0.670. The number of carbonyl (C=O) groups is 2. The number of hydrogen-bond acceptors (Lipinski definition) is 8. The average molecular weight is 446 g/mol. The Labute approximate surface area is 185 Å². The van der Waals surface area contributed by atoms with E-state index in [4.69, 9.17) is 9.47 Å². The predicted molar refractivity (Wildman–Crippen MR) is 116 cm³/mol. The molecule has 0 aliphatic carbocycles. The van der Waals surface area contributed by atoms with Gasteiger partial charge in [0.2, 0.25) is 0 Å². The molecule has 1 saturated heterocycles. The van der Waals surface area contributed by atoms with E-state index >= 15 is 0 Å². The van der Waals surface area contributed by atoms with Gasteiger partial charge in [-0.2, -0.15) is 4.68 Å². The highest BCUT2D eigenvalue weighted by Crippen LogP contribution is 2.41. The average Bonchev–Trinajstić information content (AvgIpc) is 3.34. The molecule has 4 rings (SSSR count). The lowest BCUT2D eigenvalue weighted by molar-refractivity contribution is 0.0600. The van der Waals surface area contributed by atoms with Crippen LogP contribution >= 0.6 is 11.8 Å². The Morgan fingerprint density at radius 2 is 1.90 bits per heavy atom. The second-order valence-electron chi connectivity index (χ2n) is 7.39. The summed E-state index contributed by atoms with van der Waals surface area (Å²) in [5.41, 5.74) is 1.03. The van der Waals surface area contributed by atoms with Crippen LogP contribution in [0.3, 0.4) is 0 Å². The van der Waals surface area contributed by atoms with Gasteiger partial charge in [0.15, 0.2) is 11.0 Å². The number of aryl methyl sites for hydroxylation is 1. The summed E-state index contributed by atoms with van der Waals surface area (Å²) in [6.07, 6.45) is 0.405. The Bertz CT molecular complexity index is 940. The fourth-order valence-electron chi connectivity index (χ4n) is 3.97. The third-order valence-corrected chi connectivity index (χ3v) is 6.79. The number of ether oxygens (including phenoxy) is 2. The number of rotatable bonds is 6. The molecule has 1 amide bonds. The van der Waals surface area contributed by atoms with E-state index in [1.54, 1.807) is 18.9 Å². The first-order valence-electron chi connectivity index (χ1n) is 10.5. The van der Waals surface area contributed by atoms with E-state index < -0.39 is 0 Å². The number of amides is 1. The van der Waals surface area contributed by atoms with Gasteiger partial charge in [0.25, 0.3) is 5.91 Å². The monoisotopic (exact) mass is 445 g/mol. The van der Waals surface area contributed by atoms with Crippen molar-refractivity contribution in [3.05, 3.63) is 35.7 Å². The Morgan fingerprint density at radius 3 is 2.48 bits per heavy atom. The van der Waals surface area contributed by atoms with Crippen LogP contribution in [-0.4, -0.2) is 81.7 Å². The van der Waals surface area contributed by atoms with Crippen LogP contribution < -0.4 is 4.74 Å². The molecule has 0 N–H and O–H groups in total. The fraction of sp³-hybridized carbons (Fsp3) is 0.524. The molecule has 3 heterocycles. The number of fused-ring (bicyclic) bond motifs is 1. The molecule has 2 aliphatic heterocycles. The number of aromatic nitrogens is 3. The summed E-state index contributed by atoms with van der Waals surface area (Å²) in [5, 5.41) is 4.66. The largest absolute Gasteiger partial charge is 0.497 e. The first-order chi connectivity index (χ1) is 15.0. The van der Waals surface area contributed by atoms with Gasteiger partial charge >= 0.3 is 6.09 Å². The highest BCUT2D eigenvalue weighted by atomic mass is 32.2. The molecule has 9 nitrogen and oxygen atoms in total. The summed E-state index contributed by atoms with van der Waals surface area (Å²) in [4.78, 5) is 33.8. The van der Waals surface area contributed by atoms with Gasteiger partial charge in [0, 0.05) is 32.6 Å². The molecule has 0 spiro atoms. The summed E-state index contributed by atoms with van der Waals surface area (Å²) < 4.78 is 11.9. The Balaban J connectivity index is 1.58. The van der Waals surface area contributed by atoms with Crippen molar-refractivity contribution in [1.82, 2.24) is 24.6 Å². The zero-order chi connectivity index (χ0) is 22.0. The van der Waals surface area contributed by atoms with Crippen LogP contribution in [0.4, 0.5) is 4.79 Å². The molecule has 1 fully saturated rings. The van der Waals surface area contributed by atoms with E-state index in [2.05, 4.69) is 15.0 Å². The number of benzene rings is 1. The number of methoxy groups -OCH3 is 1. The summed E-state index contributed by atoms with van der Waals surface area (Å²) in [7, 11) is 1.63. The number of nitrogens with zero attached hydrogens (tertiary/aromatic N) is 5. The molecule has 10 heteroatoms. The van der Waals surface area contributed by atoms with E-state index in [0.29, 0.717) is 50.2 Å². The molecule has 2 unspecified atom stereocenters. The first-order valence-corrected chi connectivity index (χ1v) is 11.4. The smallest absolute Gasteiger partial charge is 0.409 e. The molecule has 2 atom stereocenters. The van der Waals surface area contributed by atoms with Crippen LogP contribution in [0.2, 0.25) is 0 Å². The van der Waals surface area contributed by atoms with Crippen LogP contribution in [0.25, 0.3) is 0 Å². The molecular weight excluding hydrogens is 418 g/mol. The van der Waals surface area contributed by atoms with Gasteiger partial charge < -0.3 is 14.4 Å². The zero-order valence-electron chi connectivity index (χ0n) is 18.0. The van der Waals surface area contributed by atoms with Gasteiger partial charge in [-0.25, -0.2) is 9.78 Å². The highest BCUT2D eigenvalue weighted by Gasteiger charge is 2.43. The molecule has 1 aromatic heterocycles. The second kappa shape index (κ2) is 9.27. The molecule has 0 radical (unpaired) electrons. The zero-order valence-corrected chi connectivity index (χ0v) is 18.8. The number of hydrogen-bond donors (Lipinski definition) is 0. The Hall–Kier alpha value is -2.59. The number of piperazine rings is 1. The summed E-state index contributed by atoms with van der Waals surface area (Å²) in [6, 6.07) is 7.66. The molecular formula is C21H27N5O4S. The lowest BCUT2D eigenvalue weighted by atomic mass is 10.00. The van der Waals surface area contributed by atoms with Crippen molar-refractivity contribution < 1.29 is 19.1 Å². The normalized spacial score (nSPS) is 19.9. The minimum absolute atomic E-state index is 0.0548. The topological polar surface area (TPSA) is 89.8 Å². The lowest BCUT2D eigenvalue weighted by Crippen LogP contribution is -2.52. The van der Waals surface area contributed by atoms with Gasteiger partial charge in [0.05, 0.1) is 19.8 Å². The Kier molecular flexibility index (Phi) is 6.47. The molecule has 1 aromatic carbocycles. The van der Waals surface area contributed by atoms with E-state index in [-0.39, 0.29) is 23.3 Å². The first kappa shape index (κ1) is 21.6. The number of carbonyl (C=O) groups excluding carboxylic acids is 2. The van der Waals surface area contributed by atoms with Gasteiger partial charge in [0.1, 0.15) is 11.0 Å². The van der Waals surface area contributed by atoms with Crippen molar-refractivity contribution in [2.45, 2.75) is 36.7 Å². The fourth-order valence-corrected chi connectivity index (χ4v) is 5.24. The lowest BCUT2D eigenvalue weighted by Gasteiger charge is -2.40. The van der Waals surface area contributed by atoms with Gasteiger partial charge in [-0.1, -0.05) is 30.8 Å². The molecule has 2 aliphatic rings. The third kappa shape index (κ3) is 4.27. The van der Waals surface area contributed by atoms with Gasteiger partial charge in [-0.15, -0.1) is 5.10 Å². The minimum atomic E-state index is -0.358. The summed E-state index contributed by atoms with van der Waals surface area (Å²) in [6.45, 7) is 6.54. The van der Waals surface area contributed by atoms with Crippen molar-refractivity contribution >= 4 is 23.8 Å². The van der Waals surface area contributed by atoms with Crippen LogP contribution in [-0.2, 0) is 11.2 Å². The Morgan fingerprint density at radius 1 is 1.19 bits per heavy atom. The highest BCUT2D eigenvalue weighted by molar-refractivity contribution is 8.00. The molecule has 31 heavy (non-hydrogen) atoms. The maximum atomic E-state index is 13.3. The molecule has 0 bridgehead atoms. The van der Waals surface area contributed by atoms with E-state index in [1.165, 1.54) is 16.4 Å². The third-order valence-electron chi connectivity index (χ3n) is 5.60. The van der Waals surface area contributed by atoms with E-state index in [1.807, 2.05) is 31.2 Å². The van der Waals surface area contributed by atoms with Crippen LogP contribution in [0, 0.1) is 0 Å². The SMILES string of the molecule is CCOC(=O)N1CCN(C(c2ccc(OC)cc2)C2Sc3nc(CC)nn3C2=O)CC1. The van der Waals surface area contributed by atoms with Crippen LogP contribution in [0.1, 0.15) is 36.1 Å². The van der Waals surface area contributed by atoms with Crippen molar-refractivity contribution in [1.29, 1.82) is 0 Å². The number of thioether (sulfide) groups is 1. The molecule has 0 saturated carbocycles. The van der Waals surface area contributed by atoms with Crippen molar-refractivity contribution in [3.8, 4) is 5.75 Å². The maximum Gasteiger partial charge on any atom is 0.409 e. The minimum Gasteiger partial charge on any atom is -0.497 e. The van der Waals surface area contributed by atoms with Gasteiger partial charge in [-0.3, -0.25) is 9.69 Å². The summed E-state index contributed by atoms with van der Waals surface area (Å²) in [5.74, 6) is 1.39. The summed E-state index contributed by atoms with van der Waals surface area (Å²) >= 11 is 1.46. The van der Waals surface area contributed by atoms with E-state index in [0.717, 1.165) is 11.3 Å². The van der Waals surface area contributed by atoms with Crippen molar-refractivity contribution in [3.63, 3.8) is 0 Å². The van der Waals surface area contributed by atoms with Gasteiger partial charge in [-0.05, 0) is 24.6 Å². The molecule has 166 valence electrons. The van der Waals surface area contributed by atoms with Crippen molar-refractivity contribution in [2.24, 2.45) is 0 Å². The van der Waals surface area contributed by atoms with Crippen LogP contribution in [0.15, 0.2) is 29.4 Å². The maximum absolute atomic E-state index is 13.3. The predicted octanol–water partition coefficient (Wildman–Crippen LogP) is 2.48. The van der Waals surface area contributed by atoms with Crippen LogP contribution in [0.5, 0.6) is 5.75 Å². The van der Waals surface area contributed by atoms with Crippen molar-refractivity contribution in [2.75, 3.05) is 39.9 Å². The van der Waals surface area contributed by atoms with E-state index in [9.17, 15) is 9.59 Å². The second-order valence-corrected chi connectivity index (χ2v) is 8.50.